The van der Waals surface area contributed by atoms with Crippen molar-refractivity contribution in [1.29, 1.82) is 0 Å². The fraction of sp³-hybridized carbons (Fsp3) is 0.222. The fourth-order valence-corrected chi connectivity index (χ4v) is 3.83. The van der Waals surface area contributed by atoms with E-state index in [-0.39, 0.29) is 0 Å². The van der Waals surface area contributed by atoms with Crippen molar-refractivity contribution in [1.82, 2.24) is 9.55 Å². The van der Waals surface area contributed by atoms with Crippen LogP contribution in [-0.4, -0.2) is 16.2 Å². The molecule has 0 atom stereocenters. The predicted octanol–water partition coefficient (Wildman–Crippen LogP) is 6.77. The van der Waals surface area contributed by atoms with Crippen LogP contribution >= 0.6 is 11.6 Å². The zero-order chi connectivity index (χ0) is 22.3. The Labute approximate surface area is 194 Å². The van der Waals surface area contributed by atoms with Crippen LogP contribution in [-0.2, 0) is 19.6 Å². The largest absolute Gasteiger partial charge is 0.494 e. The predicted molar refractivity (Wildman–Crippen MR) is 131 cm³/mol. The monoisotopic (exact) mass is 446 g/mol. The van der Waals surface area contributed by atoms with Crippen molar-refractivity contribution in [3.8, 4) is 11.5 Å². The van der Waals surface area contributed by atoms with Gasteiger partial charge >= 0.3 is 0 Å². The summed E-state index contributed by atoms with van der Waals surface area (Å²) in [5.41, 5.74) is 4.21. The number of aromatic nitrogens is 2. The van der Waals surface area contributed by atoms with Crippen LogP contribution < -0.4 is 9.47 Å². The van der Waals surface area contributed by atoms with Gasteiger partial charge in [-0.05, 0) is 67.3 Å². The summed E-state index contributed by atoms with van der Waals surface area (Å²) in [4.78, 5) is 4.82. The van der Waals surface area contributed by atoms with Gasteiger partial charge in [-0.15, -0.1) is 6.58 Å². The highest BCUT2D eigenvalue weighted by Crippen LogP contribution is 2.23. The minimum Gasteiger partial charge on any atom is -0.494 e. The minimum absolute atomic E-state index is 0.403. The van der Waals surface area contributed by atoms with Gasteiger partial charge in [-0.2, -0.15) is 0 Å². The summed E-state index contributed by atoms with van der Waals surface area (Å²) in [7, 11) is 0. The summed E-state index contributed by atoms with van der Waals surface area (Å²) in [6.07, 6.45) is 3.51. The Hall–Kier alpha value is -3.24. The second-order valence-electron chi connectivity index (χ2n) is 7.67. The van der Waals surface area contributed by atoms with Crippen molar-refractivity contribution in [2.24, 2.45) is 0 Å². The standard InChI is InChI=1S/C27H27ClN2O2/c1-3-9-21-10-4-7-13-26(21)32-19-27-29-24-11-5-6-12-25(24)30(27)16-8-17-31-22-14-15-23(28)20(2)18-22/h3-7,10-15,18H,1,8-9,16-17,19H2,2H3. The van der Waals surface area contributed by atoms with Gasteiger partial charge < -0.3 is 14.0 Å². The first-order valence-electron chi connectivity index (χ1n) is 10.8. The number of hydrogen-bond donors (Lipinski definition) is 0. The van der Waals surface area contributed by atoms with E-state index in [2.05, 4.69) is 23.3 Å². The third-order valence-corrected chi connectivity index (χ3v) is 5.78. The van der Waals surface area contributed by atoms with Gasteiger partial charge in [-0.25, -0.2) is 4.98 Å². The molecule has 0 aliphatic carbocycles. The number of nitrogens with zero attached hydrogens (tertiary/aromatic N) is 2. The Morgan fingerprint density at radius 3 is 2.69 bits per heavy atom. The van der Waals surface area contributed by atoms with Crippen LogP contribution in [0.25, 0.3) is 11.0 Å². The maximum absolute atomic E-state index is 6.17. The lowest BCUT2D eigenvalue weighted by Crippen LogP contribution is -2.10. The molecule has 1 heterocycles. The van der Waals surface area contributed by atoms with Crippen molar-refractivity contribution >= 4 is 22.6 Å². The molecule has 0 spiro atoms. The van der Waals surface area contributed by atoms with E-state index in [0.29, 0.717) is 13.2 Å². The van der Waals surface area contributed by atoms with Gasteiger partial charge in [0.05, 0.1) is 17.6 Å². The molecule has 0 radical (unpaired) electrons. The number of aryl methyl sites for hydroxylation is 2. The zero-order valence-electron chi connectivity index (χ0n) is 18.3. The first-order chi connectivity index (χ1) is 15.7. The van der Waals surface area contributed by atoms with E-state index in [1.807, 2.05) is 67.6 Å². The number of allylic oxidation sites excluding steroid dienone is 1. The maximum atomic E-state index is 6.17. The van der Waals surface area contributed by atoms with Gasteiger partial charge in [0.1, 0.15) is 23.9 Å². The van der Waals surface area contributed by atoms with E-state index in [4.69, 9.17) is 26.1 Å². The molecule has 164 valence electrons. The van der Waals surface area contributed by atoms with E-state index < -0.39 is 0 Å². The van der Waals surface area contributed by atoms with E-state index in [9.17, 15) is 0 Å². The molecule has 0 amide bonds. The number of imidazole rings is 1. The molecule has 0 bridgehead atoms. The van der Waals surface area contributed by atoms with Crippen molar-refractivity contribution in [3.05, 3.63) is 101 Å². The minimum atomic E-state index is 0.403. The summed E-state index contributed by atoms with van der Waals surface area (Å²) < 4.78 is 14.3. The number of fused-ring (bicyclic) bond motifs is 1. The maximum Gasteiger partial charge on any atom is 0.148 e. The molecule has 0 saturated heterocycles. The molecule has 5 heteroatoms. The van der Waals surface area contributed by atoms with Gasteiger partial charge in [0, 0.05) is 11.6 Å². The molecule has 0 aliphatic heterocycles. The van der Waals surface area contributed by atoms with Crippen molar-refractivity contribution in [2.45, 2.75) is 32.9 Å². The van der Waals surface area contributed by atoms with Crippen molar-refractivity contribution in [3.63, 3.8) is 0 Å². The van der Waals surface area contributed by atoms with Gasteiger partial charge in [0.15, 0.2) is 0 Å². The Morgan fingerprint density at radius 2 is 1.84 bits per heavy atom. The smallest absolute Gasteiger partial charge is 0.148 e. The van der Waals surface area contributed by atoms with E-state index in [1.54, 1.807) is 0 Å². The molecule has 0 N–H and O–H groups in total. The molecule has 1 aromatic heterocycles. The van der Waals surface area contributed by atoms with Gasteiger partial charge in [0.2, 0.25) is 0 Å². The Kier molecular flexibility index (Phi) is 7.13. The fourth-order valence-electron chi connectivity index (χ4n) is 3.72. The molecule has 4 aromatic rings. The van der Waals surface area contributed by atoms with Crippen LogP contribution in [0, 0.1) is 6.92 Å². The lowest BCUT2D eigenvalue weighted by atomic mass is 10.1. The number of rotatable bonds is 10. The van der Waals surface area contributed by atoms with Crippen molar-refractivity contribution < 1.29 is 9.47 Å². The normalized spacial score (nSPS) is 10.9. The average molecular weight is 447 g/mol. The first-order valence-corrected chi connectivity index (χ1v) is 11.2. The van der Waals surface area contributed by atoms with Crippen LogP contribution in [0.3, 0.4) is 0 Å². The van der Waals surface area contributed by atoms with E-state index in [0.717, 1.165) is 63.9 Å². The summed E-state index contributed by atoms with van der Waals surface area (Å²) in [6, 6.07) is 22.0. The number of benzene rings is 3. The van der Waals surface area contributed by atoms with Gasteiger partial charge in [-0.1, -0.05) is 48.0 Å². The van der Waals surface area contributed by atoms with Gasteiger partial charge in [0.25, 0.3) is 0 Å². The zero-order valence-corrected chi connectivity index (χ0v) is 19.0. The third-order valence-electron chi connectivity index (χ3n) is 5.35. The van der Waals surface area contributed by atoms with Crippen LogP contribution in [0.2, 0.25) is 5.02 Å². The quantitative estimate of drug-likeness (QED) is 0.199. The molecule has 4 nitrogen and oxygen atoms in total. The molecule has 3 aromatic carbocycles. The van der Waals surface area contributed by atoms with Crippen LogP contribution in [0.4, 0.5) is 0 Å². The van der Waals surface area contributed by atoms with E-state index >= 15 is 0 Å². The third kappa shape index (κ3) is 5.14. The van der Waals surface area contributed by atoms with Crippen LogP contribution in [0.5, 0.6) is 11.5 Å². The summed E-state index contributed by atoms with van der Waals surface area (Å²) in [6.45, 7) is 7.62. The molecular weight excluding hydrogens is 420 g/mol. The first kappa shape index (κ1) is 22.0. The SMILES string of the molecule is C=CCc1ccccc1OCc1nc2ccccc2n1CCCOc1ccc(Cl)c(C)c1. The number of ether oxygens (including phenoxy) is 2. The number of halogens is 1. The molecular formula is C27H27ClN2O2. The van der Waals surface area contributed by atoms with Crippen LogP contribution in [0.1, 0.15) is 23.4 Å². The molecule has 0 saturated carbocycles. The second-order valence-corrected chi connectivity index (χ2v) is 8.08. The number of para-hydroxylation sites is 3. The lowest BCUT2D eigenvalue weighted by molar-refractivity contribution is 0.278. The second kappa shape index (κ2) is 10.4. The molecule has 0 unspecified atom stereocenters. The molecule has 0 fully saturated rings. The topological polar surface area (TPSA) is 36.3 Å². The van der Waals surface area contributed by atoms with Gasteiger partial charge in [-0.3, -0.25) is 0 Å². The lowest BCUT2D eigenvalue weighted by Gasteiger charge is -2.13. The van der Waals surface area contributed by atoms with E-state index in [1.165, 1.54) is 0 Å². The molecule has 0 aliphatic rings. The number of hydrogen-bond acceptors (Lipinski definition) is 3. The molecule has 32 heavy (non-hydrogen) atoms. The summed E-state index contributed by atoms with van der Waals surface area (Å²) in [5, 5.41) is 0.751. The van der Waals surface area contributed by atoms with Crippen molar-refractivity contribution in [2.75, 3.05) is 6.61 Å². The Balaban J connectivity index is 1.45. The average Bonchev–Trinajstić information content (AvgIpc) is 3.16. The highest BCUT2D eigenvalue weighted by atomic mass is 35.5. The van der Waals surface area contributed by atoms with Crippen LogP contribution in [0.15, 0.2) is 79.4 Å². The highest BCUT2D eigenvalue weighted by Gasteiger charge is 2.12. The summed E-state index contributed by atoms with van der Waals surface area (Å²) in [5.74, 6) is 2.61. The highest BCUT2D eigenvalue weighted by molar-refractivity contribution is 6.31. The molecule has 4 rings (SSSR count). The Morgan fingerprint density at radius 1 is 1.03 bits per heavy atom. The summed E-state index contributed by atoms with van der Waals surface area (Å²) >= 11 is 6.10. The Bertz CT molecular complexity index is 1220.